The highest BCUT2D eigenvalue weighted by Crippen LogP contribution is 2.24. The van der Waals surface area contributed by atoms with E-state index in [0.717, 1.165) is 0 Å². The summed E-state index contributed by atoms with van der Waals surface area (Å²) in [5.41, 5.74) is 7.42. The van der Waals surface area contributed by atoms with Crippen molar-refractivity contribution in [2.75, 3.05) is 5.73 Å². The first-order valence-electron chi connectivity index (χ1n) is 5.82. The molecule has 0 atom stereocenters. The van der Waals surface area contributed by atoms with Crippen LogP contribution in [0.2, 0.25) is 0 Å². The minimum Gasteiger partial charge on any atom is -0.399 e. The maximum absolute atomic E-state index is 12.3. The zero-order valence-electron chi connectivity index (χ0n) is 10.3. The number of anilines is 1. The molecule has 20 heavy (non-hydrogen) atoms. The first-order chi connectivity index (χ1) is 9.56. The number of aromatic amines is 1. The predicted octanol–water partition coefficient (Wildman–Crippen LogP) is 1.22. The van der Waals surface area contributed by atoms with Crippen molar-refractivity contribution in [3.8, 4) is 0 Å². The number of fused-ring (bicyclic) bond motifs is 1. The summed E-state index contributed by atoms with van der Waals surface area (Å²) in [6.07, 6.45) is 2.82. The normalized spacial score (nSPS) is 12.0. The second-order valence-electron chi connectivity index (χ2n) is 4.27. The van der Waals surface area contributed by atoms with Crippen LogP contribution in [0.4, 0.5) is 5.69 Å². The second kappa shape index (κ2) is 4.66. The SMILES string of the molecule is Nc1ccc2[nH]cc(S(=O)(=O)NCc3ccon3)c2c1. The van der Waals surface area contributed by atoms with Gasteiger partial charge in [0.25, 0.3) is 0 Å². The van der Waals surface area contributed by atoms with Gasteiger partial charge in [-0.2, -0.15) is 0 Å². The Kier molecular flexibility index (Phi) is 2.96. The fraction of sp³-hybridized carbons (Fsp3) is 0.0833. The van der Waals surface area contributed by atoms with Crippen LogP contribution in [-0.4, -0.2) is 18.6 Å². The number of benzene rings is 1. The van der Waals surface area contributed by atoms with Gasteiger partial charge in [-0.05, 0) is 18.2 Å². The van der Waals surface area contributed by atoms with Crippen LogP contribution in [0.25, 0.3) is 10.9 Å². The van der Waals surface area contributed by atoms with Gasteiger partial charge in [0.1, 0.15) is 11.2 Å². The molecule has 0 aliphatic heterocycles. The van der Waals surface area contributed by atoms with E-state index in [4.69, 9.17) is 5.73 Å². The van der Waals surface area contributed by atoms with Gasteiger partial charge < -0.3 is 15.2 Å². The Balaban J connectivity index is 1.94. The zero-order chi connectivity index (χ0) is 14.2. The van der Waals surface area contributed by atoms with Gasteiger partial charge in [0.15, 0.2) is 0 Å². The first kappa shape index (κ1) is 12.7. The maximum atomic E-state index is 12.3. The van der Waals surface area contributed by atoms with Gasteiger partial charge in [-0.1, -0.05) is 5.16 Å². The number of aromatic nitrogens is 2. The molecule has 2 heterocycles. The van der Waals surface area contributed by atoms with Crippen molar-refractivity contribution in [2.24, 2.45) is 0 Å². The Labute approximate surface area is 114 Å². The van der Waals surface area contributed by atoms with Crippen LogP contribution >= 0.6 is 0 Å². The van der Waals surface area contributed by atoms with Crippen molar-refractivity contribution >= 4 is 26.6 Å². The molecule has 0 spiro atoms. The van der Waals surface area contributed by atoms with E-state index in [2.05, 4.69) is 19.4 Å². The van der Waals surface area contributed by atoms with Gasteiger partial charge in [-0.3, -0.25) is 0 Å². The molecule has 3 rings (SSSR count). The second-order valence-corrected chi connectivity index (χ2v) is 6.01. The van der Waals surface area contributed by atoms with Crippen molar-refractivity contribution in [1.29, 1.82) is 0 Å². The molecule has 0 bridgehead atoms. The van der Waals surface area contributed by atoms with Gasteiger partial charge in [0, 0.05) is 28.9 Å². The Morgan fingerprint density at radius 3 is 2.95 bits per heavy atom. The number of nitrogens with two attached hydrogens (primary N) is 1. The average molecular weight is 292 g/mol. The summed E-state index contributed by atoms with van der Waals surface area (Å²) in [6, 6.07) is 6.66. The number of rotatable bonds is 4. The van der Waals surface area contributed by atoms with E-state index < -0.39 is 10.0 Å². The van der Waals surface area contributed by atoms with E-state index in [-0.39, 0.29) is 11.4 Å². The fourth-order valence-electron chi connectivity index (χ4n) is 1.91. The molecule has 104 valence electrons. The molecule has 0 unspecified atom stereocenters. The number of hydrogen-bond donors (Lipinski definition) is 3. The summed E-state index contributed by atoms with van der Waals surface area (Å²) >= 11 is 0. The monoisotopic (exact) mass is 292 g/mol. The largest absolute Gasteiger partial charge is 0.399 e. The molecule has 0 fully saturated rings. The molecule has 8 heteroatoms. The third kappa shape index (κ3) is 2.26. The Hall–Kier alpha value is -2.32. The predicted molar refractivity (Wildman–Crippen MR) is 73.2 cm³/mol. The Morgan fingerprint density at radius 1 is 1.35 bits per heavy atom. The number of sulfonamides is 1. The summed E-state index contributed by atoms with van der Waals surface area (Å²) in [5.74, 6) is 0. The molecule has 0 aliphatic rings. The topological polar surface area (TPSA) is 114 Å². The lowest BCUT2D eigenvalue weighted by Crippen LogP contribution is -2.23. The number of nitrogens with one attached hydrogen (secondary N) is 2. The van der Waals surface area contributed by atoms with Crippen LogP contribution in [0.5, 0.6) is 0 Å². The molecule has 3 aromatic rings. The standard InChI is InChI=1S/C12H12N4O3S/c13-8-1-2-11-10(5-8)12(7-14-11)20(17,18)15-6-9-3-4-19-16-9/h1-5,7,14-15H,6,13H2. The summed E-state index contributed by atoms with van der Waals surface area (Å²) in [6.45, 7) is 0.0633. The average Bonchev–Trinajstić information content (AvgIpc) is 3.05. The van der Waals surface area contributed by atoms with E-state index in [1.165, 1.54) is 12.5 Å². The van der Waals surface area contributed by atoms with E-state index in [9.17, 15) is 8.42 Å². The lowest BCUT2D eigenvalue weighted by atomic mass is 10.2. The molecule has 2 aromatic heterocycles. The van der Waals surface area contributed by atoms with E-state index in [1.54, 1.807) is 24.3 Å². The van der Waals surface area contributed by atoms with E-state index in [0.29, 0.717) is 22.3 Å². The van der Waals surface area contributed by atoms with Crippen LogP contribution in [0.15, 0.2) is 46.1 Å². The summed E-state index contributed by atoms with van der Waals surface area (Å²) in [7, 11) is -3.65. The summed E-state index contributed by atoms with van der Waals surface area (Å²) in [4.78, 5) is 3.06. The lowest BCUT2D eigenvalue weighted by Gasteiger charge is -2.04. The van der Waals surface area contributed by atoms with Gasteiger partial charge >= 0.3 is 0 Å². The van der Waals surface area contributed by atoms with E-state index in [1.807, 2.05) is 0 Å². The molecule has 0 saturated heterocycles. The van der Waals surface area contributed by atoms with Crippen molar-refractivity contribution in [3.05, 3.63) is 42.4 Å². The third-order valence-electron chi connectivity index (χ3n) is 2.89. The molecule has 7 nitrogen and oxygen atoms in total. The Bertz CT molecular complexity index is 837. The molecule has 1 aromatic carbocycles. The third-order valence-corrected chi connectivity index (χ3v) is 4.33. The minimum absolute atomic E-state index is 0.0633. The molecular formula is C12H12N4O3S. The number of hydrogen-bond acceptors (Lipinski definition) is 5. The van der Waals surface area contributed by atoms with Gasteiger partial charge in [-0.15, -0.1) is 0 Å². The molecular weight excluding hydrogens is 280 g/mol. The van der Waals surface area contributed by atoms with Crippen LogP contribution in [0.3, 0.4) is 0 Å². The lowest BCUT2D eigenvalue weighted by molar-refractivity contribution is 0.411. The molecule has 0 aliphatic carbocycles. The van der Waals surface area contributed by atoms with Gasteiger partial charge in [-0.25, -0.2) is 13.1 Å². The van der Waals surface area contributed by atoms with Crippen molar-refractivity contribution in [3.63, 3.8) is 0 Å². The number of nitrogen functional groups attached to an aromatic ring is 1. The van der Waals surface area contributed by atoms with Crippen LogP contribution in [-0.2, 0) is 16.6 Å². The fourth-order valence-corrected chi connectivity index (χ4v) is 3.08. The van der Waals surface area contributed by atoms with Gasteiger partial charge in [0.05, 0.1) is 12.2 Å². The zero-order valence-corrected chi connectivity index (χ0v) is 11.1. The van der Waals surface area contributed by atoms with Crippen LogP contribution < -0.4 is 10.5 Å². The minimum atomic E-state index is -3.65. The number of nitrogens with zero attached hydrogens (tertiary/aromatic N) is 1. The van der Waals surface area contributed by atoms with E-state index >= 15 is 0 Å². The highest BCUT2D eigenvalue weighted by Gasteiger charge is 2.19. The smallest absolute Gasteiger partial charge is 0.243 e. The first-order valence-corrected chi connectivity index (χ1v) is 7.30. The summed E-state index contributed by atoms with van der Waals surface area (Å²) < 4.78 is 31.7. The van der Waals surface area contributed by atoms with Crippen molar-refractivity contribution < 1.29 is 12.9 Å². The molecule has 0 amide bonds. The number of H-pyrrole nitrogens is 1. The molecule has 4 N–H and O–H groups in total. The van der Waals surface area contributed by atoms with Crippen molar-refractivity contribution in [2.45, 2.75) is 11.4 Å². The highest BCUT2D eigenvalue weighted by atomic mass is 32.2. The Morgan fingerprint density at radius 2 is 2.20 bits per heavy atom. The van der Waals surface area contributed by atoms with Crippen molar-refractivity contribution in [1.82, 2.24) is 14.9 Å². The maximum Gasteiger partial charge on any atom is 0.243 e. The highest BCUT2D eigenvalue weighted by molar-refractivity contribution is 7.89. The quantitative estimate of drug-likeness (QED) is 0.625. The summed E-state index contributed by atoms with van der Waals surface area (Å²) in [5, 5.41) is 4.20. The van der Waals surface area contributed by atoms with Gasteiger partial charge in [0.2, 0.25) is 10.0 Å². The molecule has 0 radical (unpaired) electrons. The van der Waals surface area contributed by atoms with Crippen LogP contribution in [0.1, 0.15) is 5.69 Å². The van der Waals surface area contributed by atoms with Crippen LogP contribution in [0, 0.1) is 0 Å². The molecule has 0 saturated carbocycles.